The summed E-state index contributed by atoms with van der Waals surface area (Å²) in [5.41, 5.74) is 4.79. The minimum atomic E-state index is 0.820. The van der Waals surface area contributed by atoms with Crippen LogP contribution >= 0.6 is 34.1 Å². The Morgan fingerprint density at radius 3 is 2.79 bits per heavy atom. The van der Waals surface area contributed by atoms with Crippen LogP contribution in [-0.4, -0.2) is 28.8 Å². The lowest BCUT2D eigenvalue weighted by Gasteiger charge is -2.08. The summed E-state index contributed by atoms with van der Waals surface area (Å²) >= 11 is 3.76. The van der Waals surface area contributed by atoms with Gasteiger partial charge in [-0.15, -0.1) is 0 Å². The van der Waals surface area contributed by atoms with Gasteiger partial charge in [0.05, 0.1) is 23.8 Å². The number of hydrogen-bond acceptors (Lipinski definition) is 6. The Labute approximate surface area is 156 Å². The molecule has 0 unspecified atom stereocenters. The molecule has 0 aliphatic heterocycles. The molecular formula is C15H14IN7S. The summed E-state index contributed by atoms with van der Waals surface area (Å²) in [6.07, 6.45) is 5.63. The third-order valence-electron chi connectivity index (χ3n) is 3.56. The van der Waals surface area contributed by atoms with Crippen LogP contribution in [0, 0.1) is 6.92 Å². The summed E-state index contributed by atoms with van der Waals surface area (Å²) in [5.74, 6) is 0.880. The summed E-state index contributed by atoms with van der Waals surface area (Å²) in [6, 6.07) is 4.04. The molecule has 0 saturated carbocycles. The van der Waals surface area contributed by atoms with Gasteiger partial charge in [-0.1, -0.05) is 22.6 Å². The van der Waals surface area contributed by atoms with Crippen LogP contribution in [0.1, 0.15) is 11.4 Å². The highest BCUT2D eigenvalue weighted by atomic mass is 127. The van der Waals surface area contributed by atoms with Crippen molar-refractivity contribution in [2.75, 3.05) is 5.32 Å². The molecule has 4 aromatic heterocycles. The van der Waals surface area contributed by atoms with Gasteiger partial charge >= 0.3 is 0 Å². The Balaban J connectivity index is 1.86. The zero-order valence-electron chi connectivity index (χ0n) is 13.1. The van der Waals surface area contributed by atoms with Gasteiger partial charge in [0.2, 0.25) is 0 Å². The second kappa shape index (κ2) is 6.13. The van der Waals surface area contributed by atoms with Gasteiger partial charge in [0, 0.05) is 34.9 Å². The second-order valence-corrected chi connectivity index (χ2v) is 6.99. The van der Waals surface area contributed by atoms with Crippen molar-refractivity contribution in [2.24, 2.45) is 7.05 Å². The minimum Gasteiger partial charge on any atom is -0.331 e. The second-order valence-electron chi connectivity index (χ2n) is 5.42. The number of hydrogen-bond donors (Lipinski definition) is 1. The number of halogens is 1. The zero-order chi connectivity index (χ0) is 16.7. The maximum absolute atomic E-state index is 4.75. The number of aryl methyl sites for hydroxylation is 2. The maximum atomic E-state index is 4.75. The lowest BCUT2D eigenvalue weighted by Crippen LogP contribution is -2.02. The molecule has 4 rings (SSSR count). The summed E-state index contributed by atoms with van der Waals surface area (Å²) in [6.45, 7) is 1.98. The highest BCUT2D eigenvalue weighted by Crippen LogP contribution is 2.28. The van der Waals surface area contributed by atoms with E-state index in [1.165, 1.54) is 11.5 Å². The van der Waals surface area contributed by atoms with Gasteiger partial charge in [-0.2, -0.15) is 19.1 Å². The molecule has 7 nitrogen and oxygen atoms in total. The van der Waals surface area contributed by atoms with Crippen molar-refractivity contribution < 1.29 is 0 Å². The predicted octanol–water partition coefficient (Wildman–Crippen LogP) is 3.57. The van der Waals surface area contributed by atoms with Crippen molar-refractivity contribution in [1.29, 1.82) is 0 Å². The monoisotopic (exact) mass is 451 g/mol. The molecule has 9 heteroatoms. The first kappa shape index (κ1) is 15.5. The quantitative estimate of drug-likeness (QED) is 0.380. The third kappa shape index (κ3) is 2.77. The molecule has 0 aliphatic rings. The van der Waals surface area contributed by atoms with E-state index in [-0.39, 0.29) is 0 Å². The number of fused-ring (bicyclic) bond motifs is 1. The Morgan fingerprint density at radius 1 is 1.25 bits per heavy atom. The van der Waals surface area contributed by atoms with Crippen LogP contribution in [0.25, 0.3) is 16.8 Å². The SMILES string of the molecule is Cc1cc(Nc2cc(CI)nc3c(-c4cnn(C)c4)cnn23)sn1. The van der Waals surface area contributed by atoms with E-state index < -0.39 is 0 Å². The van der Waals surface area contributed by atoms with E-state index in [2.05, 4.69) is 42.5 Å². The predicted molar refractivity (Wildman–Crippen MR) is 103 cm³/mol. The number of anilines is 2. The van der Waals surface area contributed by atoms with Crippen LogP contribution in [-0.2, 0) is 11.5 Å². The van der Waals surface area contributed by atoms with Gasteiger partial charge in [0.15, 0.2) is 5.65 Å². The summed E-state index contributed by atoms with van der Waals surface area (Å²) < 4.78 is 8.74. The molecule has 0 radical (unpaired) electrons. The van der Waals surface area contributed by atoms with E-state index >= 15 is 0 Å². The average Bonchev–Trinajstić information content (AvgIpc) is 3.27. The standard InChI is InChI=1S/C15H14IN7S/c1-9-3-14(24-21-9)20-13-4-11(5-16)19-15-12(7-18-23(13)15)10-6-17-22(2)8-10/h3-4,6-8,20H,5H2,1-2H3. The third-order valence-corrected chi connectivity index (χ3v) is 5.13. The first-order valence-corrected chi connectivity index (χ1v) is 9.57. The van der Waals surface area contributed by atoms with Gasteiger partial charge in [0.1, 0.15) is 10.8 Å². The Kier molecular flexibility index (Phi) is 3.96. The molecule has 4 aromatic rings. The van der Waals surface area contributed by atoms with E-state index in [0.29, 0.717) is 0 Å². The van der Waals surface area contributed by atoms with E-state index in [9.17, 15) is 0 Å². The van der Waals surface area contributed by atoms with Crippen molar-refractivity contribution in [3.8, 4) is 11.1 Å². The lowest BCUT2D eigenvalue weighted by atomic mass is 10.2. The molecule has 0 spiro atoms. The minimum absolute atomic E-state index is 0.820. The molecule has 24 heavy (non-hydrogen) atoms. The molecule has 0 atom stereocenters. The topological polar surface area (TPSA) is 72.9 Å². The molecule has 0 fully saturated rings. The largest absolute Gasteiger partial charge is 0.331 e. The Morgan fingerprint density at radius 2 is 2.12 bits per heavy atom. The molecule has 4 heterocycles. The number of rotatable bonds is 4. The fourth-order valence-corrected chi connectivity index (χ4v) is 3.54. The number of nitrogens with zero attached hydrogens (tertiary/aromatic N) is 6. The van der Waals surface area contributed by atoms with E-state index in [4.69, 9.17) is 4.98 Å². The van der Waals surface area contributed by atoms with Gasteiger partial charge in [-0.3, -0.25) is 4.68 Å². The Hall–Kier alpha value is -2.01. The first-order chi connectivity index (χ1) is 11.6. The van der Waals surface area contributed by atoms with Crippen molar-refractivity contribution in [3.63, 3.8) is 0 Å². The molecule has 0 aromatic carbocycles. The smallest absolute Gasteiger partial charge is 0.165 e. The molecule has 0 bridgehead atoms. The summed E-state index contributed by atoms with van der Waals surface area (Å²) in [5, 5.41) is 13.2. The lowest BCUT2D eigenvalue weighted by molar-refractivity contribution is 0.768. The van der Waals surface area contributed by atoms with E-state index in [0.717, 1.165) is 43.4 Å². The highest BCUT2D eigenvalue weighted by molar-refractivity contribution is 14.1. The molecular weight excluding hydrogens is 437 g/mol. The number of nitrogens with one attached hydrogen (secondary N) is 1. The maximum Gasteiger partial charge on any atom is 0.165 e. The van der Waals surface area contributed by atoms with Gasteiger partial charge in [-0.25, -0.2) is 4.98 Å². The normalized spacial score (nSPS) is 11.3. The fourth-order valence-electron chi connectivity index (χ4n) is 2.48. The van der Waals surface area contributed by atoms with Crippen molar-refractivity contribution in [1.82, 2.24) is 28.8 Å². The van der Waals surface area contributed by atoms with E-state index in [1.807, 2.05) is 49.2 Å². The highest BCUT2D eigenvalue weighted by Gasteiger charge is 2.14. The van der Waals surface area contributed by atoms with Crippen LogP contribution in [0.15, 0.2) is 30.7 Å². The van der Waals surface area contributed by atoms with Crippen LogP contribution in [0.4, 0.5) is 10.8 Å². The molecule has 122 valence electrons. The fraction of sp³-hybridized carbons (Fsp3) is 0.200. The van der Waals surface area contributed by atoms with E-state index in [1.54, 1.807) is 4.68 Å². The zero-order valence-corrected chi connectivity index (χ0v) is 16.0. The first-order valence-electron chi connectivity index (χ1n) is 7.27. The van der Waals surface area contributed by atoms with Gasteiger partial charge in [-0.05, 0) is 24.5 Å². The van der Waals surface area contributed by atoms with Crippen molar-refractivity contribution >= 4 is 50.6 Å². The van der Waals surface area contributed by atoms with Gasteiger partial charge in [0.25, 0.3) is 0 Å². The molecule has 0 saturated heterocycles. The summed E-state index contributed by atoms with van der Waals surface area (Å²) in [4.78, 5) is 4.75. The molecule has 0 amide bonds. The van der Waals surface area contributed by atoms with Gasteiger partial charge < -0.3 is 5.32 Å². The van der Waals surface area contributed by atoms with Crippen LogP contribution in [0.3, 0.4) is 0 Å². The summed E-state index contributed by atoms with van der Waals surface area (Å²) in [7, 11) is 1.90. The molecule has 1 N–H and O–H groups in total. The Bertz CT molecular complexity index is 1020. The average molecular weight is 451 g/mol. The van der Waals surface area contributed by atoms with Crippen molar-refractivity contribution in [3.05, 3.63) is 42.1 Å². The van der Waals surface area contributed by atoms with Crippen LogP contribution < -0.4 is 5.32 Å². The van der Waals surface area contributed by atoms with Crippen molar-refractivity contribution in [2.45, 2.75) is 11.4 Å². The van der Waals surface area contributed by atoms with Crippen LogP contribution in [0.5, 0.6) is 0 Å². The molecule has 0 aliphatic carbocycles. The number of alkyl halides is 1. The van der Waals surface area contributed by atoms with Crippen LogP contribution in [0.2, 0.25) is 0 Å². The number of aromatic nitrogens is 6.